The van der Waals surface area contributed by atoms with Crippen LogP contribution in [0.25, 0.3) is 0 Å². The third-order valence-electron chi connectivity index (χ3n) is 4.99. The topological polar surface area (TPSA) is 40.6 Å². The van der Waals surface area contributed by atoms with Crippen LogP contribution in [0.3, 0.4) is 0 Å². The van der Waals surface area contributed by atoms with Crippen molar-refractivity contribution in [3.63, 3.8) is 0 Å². The highest BCUT2D eigenvalue weighted by Gasteiger charge is 2.39. The molecule has 2 atom stereocenters. The second-order valence-electron chi connectivity index (χ2n) is 7.48. The van der Waals surface area contributed by atoms with Crippen LogP contribution in [0.1, 0.15) is 50.1 Å². The molecule has 0 bridgehead atoms. The number of rotatable bonds is 6. The Morgan fingerprint density at radius 2 is 2.08 bits per heavy atom. The third-order valence-corrected chi connectivity index (χ3v) is 6.38. The van der Waals surface area contributed by atoms with Crippen molar-refractivity contribution in [2.75, 3.05) is 13.1 Å². The van der Waals surface area contributed by atoms with Gasteiger partial charge in [-0.3, -0.25) is 9.59 Å². The molecule has 1 aliphatic heterocycles. The average Bonchev–Trinajstić information content (AvgIpc) is 3.36. The first-order valence-corrected chi connectivity index (χ1v) is 10.2. The van der Waals surface area contributed by atoms with Gasteiger partial charge in [0, 0.05) is 25.0 Å². The zero-order valence-electron chi connectivity index (χ0n) is 15.6. The number of hydrogen-bond donors (Lipinski definition) is 0. The number of thioether (sulfide) groups is 1. The molecule has 1 aromatic rings. The predicted octanol–water partition coefficient (Wildman–Crippen LogP) is 3.60. The number of aryl methyl sites for hydroxylation is 1. The van der Waals surface area contributed by atoms with E-state index in [9.17, 15) is 9.59 Å². The second kappa shape index (κ2) is 7.40. The first-order chi connectivity index (χ1) is 11.9. The maximum atomic E-state index is 12.7. The van der Waals surface area contributed by atoms with Gasteiger partial charge < -0.3 is 9.80 Å². The maximum Gasteiger partial charge on any atom is 0.236 e. The summed E-state index contributed by atoms with van der Waals surface area (Å²) in [6.45, 7) is 9.39. The molecule has 1 heterocycles. The van der Waals surface area contributed by atoms with Crippen LogP contribution in [0.5, 0.6) is 0 Å². The highest BCUT2D eigenvalue weighted by molar-refractivity contribution is 8.01. The molecule has 1 saturated heterocycles. The first-order valence-electron chi connectivity index (χ1n) is 9.21. The summed E-state index contributed by atoms with van der Waals surface area (Å²) >= 11 is 1.70. The van der Waals surface area contributed by atoms with E-state index in [1.54, 1.807) is 11.8 Å². The van der Waals surface area contributed by atoms with E-state index < -0.39 is 0 Å². The van der Waals surface area contributed by atoms with Crippen molar-refractivity contribution in [1.29, 1.82) is 0 Å². The molecule has 0 unspecified atom stereocenters. The lowest BCUT2D eigenvalue weighted by Crippen LogP contribution is -2.44. The standard InChI is InChI=1S/C20H28N2O2S/c1-13(2)21(19(24)16-8-9-16)10-11-22-18(23)15(4)25-20(22)17-7-5-6-14(3)12-17/h5-7,12-13,15-16,20H,8-11H2,1-4H3/t15-,20-/m0/s1. The fourth-order valence-electron chi connectivity index (χ4n) is 3.39. The molecule has 0 spiro atoms. The van der Waals surface area contributed by atoms with Crippen molar-refractivity contribution >= 4 is 23.6 Å². The van der Waals surface area contributed by atoms with E-state index in [4.69, 9.17) is 0 Å². The van der Waals surface area contributed by atoms with Crippen LogP contribution in [0.2, 0.25) is 0 Å². The Balaban J connectivity index is 1.73. The van der Waals surface area contributed by atoms with E-state index in [0.29, 0.717) is 13.1 Å². The van der Waals surface area contributed by atoms with Gasteiger partial charge in [-0.2, -0.15) is 0 Å². The molecule has 1 saturated carbocycles. The molecule has 0 aromatic heterocycles. The molecular weight excluding hydrogens is 332 g/mol. The maximum absolute atomic E-state index is 12.7. The second-order valence-corrected chi connectivity index (χ2v) is 8.90. The van der Waals surface area contributed by atoms with Gasteiger partial charge in [0.05, 0.1) is 5.25 Å². The summed E-state index contributed by atoms with van der Waals surface area (Å²) in [5.41, 5.74) is 2.38. The van der Waals surface area contributed by atoms with Crippen LogP contribution < -0.4 is 0 Å². The van der Waals surface area contributed by atoms with Crippen LogP contribution in [0.4, 0.5) is 0 Å². The summed E-state index contributed by atoms with van der Waals surface area (Å²) in [4.78, 5) is 29.1. The SMILES string of the molecule is Cc1cccc([C@@H]2S[C@@H](C)C(=O)N2CCN(C(=O)C2CC2)C(C)C)c1. The summed E-state index contributed by atoms with van der Waals surface area (Å²) in [7, 11) is 0. The Morgan fingerprint density at radius 1 is 1.36 bits per heavy atom. The smallest absolute Gasteiger partial charge is 0.236 e. The zero-order valence-corrected chi connectivity index (χ0v) is 16.4. The molecule has 2 fully saturated rings. The van der Waals surface area contributed by atoms with Crippen molar-refractivity contribution in [1.82, 2.24) is 9.80 Å². The van der Waals surface area contributed by atoms with Crippen LogP contribution in [0.15, 0.2) is 24.3 Å². The van der Waals surface area contributed by atoms with Gasteiger partial charge in [-0.1, -0.05) is 29.8 Å². The minimum absolute atomic E-state index is 0.0304. The highest BCUT2D eigenvalue weighted by Crippen LogP contribution is 2.43. The Labute approximate surface area is 154 Å². The molecular formula is C20H28N2O2S. The number of benzene rings is 1. The third kappa shape index (κ3) is 4.02. The normalized spacial score (nSPS) is 23.4. The Kier molecular flexibility index (Phi) is 5.42. The monoisotopic (exact) mass is 360 g/mol. The molecule has 1 aliphatic carbocycles. The Bertz CT molecular complexity index is 657. The summed E-state index contributed by atoms with van der Waals surface area (Å²) < 4.78 is 0. The van der Waals surface area contributed by atoms with Gasteiger partial charge in [-0.15, -0.1) is 11.8 Å². The lowest BCUT2D eigenvalue weighted by molar-refractivity contribution is -0.136. The summed E-state index contributed by atoms with van der Waals surface area (Å²) in [5, 5.41) is 0.0181. The fourth-order valence-corrected chi connectivity index (χ4v) is 4.69. The minimum atomic E-state index is -0.0304. The van der Waals surface area contributed by atoms with Crippen LogP contribution in [-0.2, 0) is 9.59 Å². The van der Waals surface area contributed by atoms with Crippen LogP contribution in [-0.4, -0.2) is 46.0 Å². The molecule has 25 heavy (non-hydrogen) atoms. The molecule has 2 amide bonds. The summed E-state index contributed by atoms with van der Waals surface area (Å²) in [6.07, 6.45) is 2.03. The van der Waals surface area contributed by atoms with E-state index in [1.807, 2.05) is 22.8 Å². The van der Waals surface area contributed by atoms with Gasteiger partial charge in [0.2, 0.25) is 11.8 Å². The molecule has 3 rings (SSSR count). The quantitative estimate of drug-likeness (QED) is 0.778. The van der Waals surface area contributed by atoms with Crippen molar-refractivity contribution in [2.24, 2.45) is 5.92 Å². The summed E-state index contributed by atoms with van der Waals surface area (Å²) in [5.74, 6) is 0.658. The van der Waals surface area contributed by atoms with Crippen molar-refractivity contribution < 1.29 is 9.59 Å². The molecule has 1 aromatic carbocycles. The number of hydrogen-bond acceptors (Lipinski definition) is 3. The highest BCUT2D eigenvalue weighted by atomic mass is 32.2. The molecule has 0 radical (unpaired) electrons. The van der Waals surface area contributed by atoms with Crippen LogP contribution in [0, 0.1) is 12.8 Å². The largest absolute Gasteiger partial charge is 0.338 e. The molecule has 4 nitrogen and oxygen atoms in total. The molecule has 136 valence electrons. The van der Waals surface area contributed by atoms with Gasteiger partial charge in [0.15, 0.2) is 0 Å². The molecule has 0 N–H and O–H groups in total. The number of nitrogens with zero attached hydrogens (tertiary/aromatic N) is 2. The Hall–Kier alpha value is -1.49. The van der Waals surface area contributed by atoms with Crippen LogP contribution >= 0.6 is 11.8 Å². The van der Waals surface area contributed by atoms with Crippen molar-refractivity contribution in [3.8, 4) is 0 Å². The minimum Gasteiger partial charge on any atom is -0.338 e. The van der Waals surface area contributed by atoms with E-state index >= 15 is 0 Å². The number of carbonyl (C=O) groups is 2. The first kappa shape index (κ1) is 18.3. The van der Waals surface area contributed by atoms with E-state index in [-0.39, 0.29) is 34.4 Å². The van der Waals surface area contributed by atoms with Gasteiger partial charge in [0.1, 0.15) is 5.37 Å². The summed E-state index contributed by atoms with van der Waals surface area (Å²) in [6, 6.07) is 8.55. The Morgan fingerprint density at radius 3 is 2.68 bits per heavy atom. The van der Waals surface area contributed by atoms with Gasteiger partial charge >= 0.3 is 0 Å². The van der Waals surface area contributed by atoms with Gasteiger partial charge in [-0.25, -0.2) is 0 Å². The average molecular weight is 361 g/mol. The van der Waals surface area contributed by atoms with Gasteiger partial charge in [0.25, 0.3) is 0 Å². The van der Waals surface area contributed by atoms with E-state index in [0.717, 1.165) is 12.8 Å². The van der Waals surface area contributed by atoms with Gasteiger partial charge in [-0.05, 0) is 46.1 Å². The lowest BCUT2D eigenvalue weighted by atomic mass is 10.1. The van der Waals surface area contributed by atoms with Crippen molar-refractivity contribution in [3.05, 3.63) is 35.4 Å². The zero-order chi connectivity index (χ0) is 18.1. The number of amides is 2. The molecule has 2 aliphatic rings. The fraction of sp³-hybridized carbons (Fsp3) is 0.600. The van der Waals surface area contributed by atoms with E-state index in [2.05, 4.69) is 39.0 Å². The molecule has 5 heteroatoms. The number of carbonyl (C=O) groups excluding carboxylic acids is 2. The van der Waals surface area contributed by atoms with E-state index in [1.165, 1.54) is 11.1 Å². The van der Waals surface area contributed by atoms with Crippen molar-refractivity contribution in [2.45, 2.75) is 57.2 Å². The lowest BCUT2D eigenvalue weighted by Gasteiger charge is -2.31. The predicted molar refractivity (Wildman–Crippen MR) is 102 cm³/mol.